The van der Waals surface area contributed by atoms with Crippen LogP contribution >= 0.6 is 0 Å². The van der Waals surface area contributed by atoms with E-state index < -0.39 is 5.60 Å². The summed E-state index contributed by atoms with van der Waals surface area (Å²) in [5.74, 6) is 1.34. The van der Waals surface area contributed by atoms with Gasteiger partial charge in [-0.25, -0.2) is 0 Å². The normalized spacial score (nSPS) is 37.6. The molecule has 1 heterocycles. The average Bonchev–Trinajstić information content (AvgIpc) is 2.76. The highest BCUT2D eigenvalue weighted by atomic mass is 16.3. The zero-order valence-corrected chi connectivity index (χ0v) is 9.74. The van der Waals surface area contributed by atoms with Crippen molar-refractivity contribution in [2.45, 2.75) is 25.4 Å². The number of fused-ring (bicyclic) bond motifs is 1. The number of aliphatic hydroxyl groups is 1. The molecule has 1 aliphatic heterocycles. The molecule has 2 N–H and O–H groups in total. The van der Waals surface area contributed by atoms with Gasteiger partial charge in [-0.2, -0.15) is 0 Å². The molecule has 1 aromatic rings. The van der Waals surface area contributed by atoms with Gasteiger partial charge in [-0.05, 0) is 50.3 Å². The van der Waals surface area contributed by atoms with E-state index in [1.807, 2.05) is 0 Å². The van der Waals surface area contributed by atoms with Gasteiger partial charge in [-0.1, -0.05) is 29.8 Å². The van der Waals surface area contributed by atoms with Crippen LogP contribution in [-0.4, -0.2) is 18.2 Å². The topological polar surface area (TPSA) is 32.3 Å². The van der Waals surface area contributed by atoms with E-state index in [1.54, 1.807) is 0 Å². The van der Waals surface area contributed by atoms with Gasteiger partial charge in [0.15, 0.2) is 0 Å². The van der Waals surface area contributed by atoms with E-state index >= 15 is 0 Å². The minimum Gasteiger partial charge on any atom is -0.385 e. The largest absolute Gasteiger partial charge is 0.385 e. The third kappa shape index (κ3) is 1.57. The lowest BCUT2D eigenvalue weighted by atomic mass is 9.90. The molecule has 1 aliphatic carbocycles. The van der Waals surface area contributed by atoms with Gasteiger partial charge in [-0.15, -0.1) is 0 Å². The highest BCUT2D eigenvalue weighted by Gasteiger charge is 2.46. The van der Waals surface area contributed by atoms with Crippen LogP contribution in [0, 0.1) is 18.8 Å². The van der Waals surface area contributed by atoms with Gasteiger partial charge < -0.3 is 10.4 Å². The lowest BCUT2D eigenvalue weighted by Crippen LogP contribution is -2.25. The Hall–Kier alpha value is -0.860. The minimum atomic E-state index is -0.566. The van der Waals surface area contributed by atoms with Crippen molar-refractivity contribution in [1.82, 2.24) is 5.32 Å². The molecule has 3 rings (SSSR count). The van der Waals surface area contributed by atoms with Gasteiger partial charge in [-0.3, -0.25) is 0 Å². The first kappa shape index (κ1) is 10.3. The first-order chi connectivity index (χ1) is 7.67. The zero-order chi connectivity index (χ0) is 11.2. The number of nitrogens with one attached hydrogen (secondary N) is 1. The maximum atomic E-state index is 10.8. The number of hydrogen-bond donors (Lipinski definition) is 2. The average molecular weight is 217 g/mol. The van der Waals surface area contributed by atoms with E-state index in [1.165, 1.54) is 5.56 Å². The molecular weight excluding hydrogens is 198 g/mol. The van der Waals surface area contributed by atoms with Crippen LogP contribution in [-0.2, 0) is 5.60 Å². The Kier molecular flexibility index (Phi) is 2.30. The van der Waals surface area contributed by atoms with E-state index in [4.69, 9.17) is 0 Å². The van der Waals surface area contributed by atoms with Crippen molar-refractivity contribution in [1.29, 1.82) is 0 Å². The maximum Gasteiger partial charge on any atom is 0.0903 e. The predicted octanol–water partition coefficient (Wildman–Crippen LogP) is 1.81. The van der Waals surface area contributed by atoms with E-state index in [2.05, 4.69) is 36.5 Å². The molecular formula is C14H19NO. The number of hydrogen-bond acceptors (Lipinski definition) is 2. The Morgan fingerprint density at radius 3 is 2.56 bits per heavy atom. The van der Waals surface area contributed by atoms with Crippen molar-refractivity contribution in [3.8, 4) is 0 Å². The Morgan fingerprint density at radius 1 is 1.25 bits per heavy atom. The SMILES string of the molecule is Cc1cccc(C2(O)CC3CNCC3C2)c1. The summed E-state index contributed by atoms with van der Waals surface area (Å²) in [6, 6.07) is 8.34. The Balaban J connectivity index is 1.89. The highest BCUT2D eigenvalue weighted by Crippen LogP contribution is 2.47. The quantitative estimate of drug-likeness (QED) is 0.752. The third-order valence-electron chi connectivity index (χ3n) is 4.23. The molecule has 0 radical (unpaired) electrons. The van der Waals surface area contributed by atoms with Crippen molar-refractivity contribution >= 4 is 0 Å². The predicted molar refractivity (Wildman–Crippen MR) is 64.2 cm³/mol. The fourth-order valence-electron chi connectivity index (χ4n) is 3.39. The fraction of sp³-hybridized carbons (Fsp3) is 0.571. The standard InChI is InChI=1S/C14H19NO/c1-10-3-2-4-13(5-10)14(16)6-11-8-15-9-12(11)7-14/h2-5,11-12,15-16H,6-9H2,1H3. The molecule has 0 spiro atoms. The summed E-state index contributed by atoms with van der Waals surface area (Å²) in [7, 11) is 0. The molecule has 2 nitrogen and oxygen atoms in total. The van der Waals surface area contributed by atoms with Crippen molar-refractivity contribution in [2.75, 3.05) is 13.1 Å². The van der Waals surface area contributed by atoms with Crippen LogP contribution in [0.2, 0.25) is 0 Å². The molecule has 2 unspecified atom stereocenters. The van der Waals surface area contributed by atoms with Crippen LogP contribution in [0.4, 0.5) is 0 Å². The van der Waals surface area contributed by atoms with Crippen LogP contribution in [0.5, 0.6) is 0 Å². The summed E-state index contributed by atoms with van der Waals surface area (Å²) >= 11 is 0. The van der Waals surface area contributed by atoms with Crippen molar-refractivity contribution in [3.63, 3.8) is 0 Å². The molecule has 1 saturated carbocycles. The molecule has 86 valence electrons. The molecule has 2 atom stereocenters. The summed E-state index contributed by atoms with van der Waals surface area (Å²) in [4.78, 5) is 0. The molecule has 2 heteroatoms. The Labute approximate surface area is 96.7 Å². The van der Waals surface area contributed by atoms with Crippen molar-refractivity contribution in [3.05, 3.63) is 35.4 Å². The van der Waals surface area contributed by atoms with Gasteiger partial charge in [0, 0.05) is 0 Å². The van der Waals surface area contributed by atoms with Gasteiger partial charge in [0.05, 0.1) is 5.60 Å². The minimum absolute atomic E-state index is 0.566. The van der Waals surface area contributed by atoms with Crippen LogP contribution in [0.3, 0.4) is 0 Å². The second kappa shape index (κ2) is 3.57. The van der Waals surface area contributed by atoms with Gasteiger partial charge in [0.25, 0.3) is 0 Å². The Bertz CT molecular complexity index is 389. The molecule has 2 aliphatic rings. The maximum absolute atomic E-state index is 10.8. The lowest BCUT2D eigenvalue weighted by molar-refractivity contribution is 0.0358. The fourth-order valence-corrected chi connectivity index (χ4v) is 3.39. The van der Waals surface area contributed by atoms with E-state index in [-0.39, 0.29) is 0 Å². The second-order valence-corrected chi connectivity index (χ2v) is 5.49. The van der Waals surface area contributed by atoms with E-state index in [0.717, 1.165) is 31.5 Å². The lowest BCUT2D eigenvalue weighted by Gasteiger charge is -2.24. The molecule has 0 amide bonds. The summed E-state index contributed by atoms with van der Waals surface area (Å²) in [5.41, 5.74) is 1.78. The highest BCUT2D eigenvalue weighted by molar-refractivity contribution is 5.29. The first-order valence-corrected chi connectivity index (χ1v) is 6.18. The summed E-state index contributed by atoms with van der Waals surface area (Å²) in [5, 5.41) is 14.2. The molecule has 0 bridgehead atoms. The van der Waals surface area contributed by atoms with E-state index in [0.29, 0.717) is 11.8 Å². The monoisotopic (exact) mass is 217 g/mol. The number of benzene rings is 1. The van der Waals surface area contributed by atoms with Crippen molar-refractivity contribution < 1.29 is 5.11 Å². The van der Waals surface area contributed by atoms with Crippen LogP contribution in [0.1, 0.15) is 24.0 Å². The van der Waals surface area contributed by atoms with Crippen LogP contribution in [0.25, 0.3) is 0 Å². The summed E-state index contributed by atoms with van der Waals surface area (Å²) in [6.45, 7) is 4.25. The van der Waals surface area contributed by atoms with Gasteiger partial charge in [0.1, 0.15) is 0 Å². The third-order valence-corrected chi connectivity index (χ3v) is 4.23. The number of aryl methyl sites for hydroxylation is 1. The summed E-state index contributed by atoms with van der Waals surface area (Å²) in [6.07, 6.45) is 1.85. The molecule has 2 fully saturated rings. The summed E-state index contributed by atoms with van der Waals surface area (Å²) < 4.78 is 0. The second-order valence-electron chi connectivity index (χ2n) is 5.49. The van der Waals surface area contributed by atoms with Crippen molar-refractivity contribution in [2.24, 2.45) is 11.8 Å². The first-order valence-electron chi connectivity index (χ1n) is 6.18. The van der Waals surface area contributed by atoms with Crippen LogP contribution in [0.15, 0.2) is 24.3 Å². The number of rotatable bonds is 1. The van der Waals surface area contributed by atoms with Gasteiger partial charge >= 0.3 is 0 Å². The van der Waals surface area contributed by atoms with Crippen LogP contribution < -0.4 is 5.32 Å². The molecule has 1 saturated heterocycles. The molecule has 0 aromatic heterocycles. The van der Waals surface area contributed by atoms with E-state index in [9.17, 15) is 5.11 Å². The molecule has 1 aromatic carbocycles. The zero-order valence-electron chi connectivity index (χ0n) is 9.74. The van der Waals surface area contributed by atoms with Gasteiger partial charge in [0.2, 0.25) is 0 Å². The Morgan fingerprint density at radius 2 is 1.94 bits per heavy atom. The smallest absolute Gasteiger partial charge is 0.0903 e. The molecule has 16 heavy (non-hydrogen) atoms.